The van der Waals surface area contributed by atoms with Crippen molar-refractivity contribution in [1.29, 1.82) is 5.26 Å². The highest BCUT2D eigenvalue weighted by molar-refractivity contribution is 6.02. The van der Waals surface area contributed by atoms with Crippen LogP contribution in [0.2, 0.25) is 0 Å². The summed E-state index contributed by atoms with van der Waals surface area (Å²) < 4.78 is 5.34. The number of amides is 1. The standard InChI is InChI=1S/C26H27N3O3/c27-19-20-3-1-4-21(17-20)24-6-2-5-22-18-23(7-8-25(22)24)26(31)29-11-9-28(10-12-29)13-15-32-16-14-30/h1-8,17-18,30H,9-16H2. The molecular weight excluding hydrogens is 402 g/mol. The monoisotopic (exact) mass is 429 g/mol. The Labute approximate surface area is 188 Å². The SMILES string of the molecule is N#Cc1cccc(-c2cccc3cc(C(=O)N4CCN(CCOCCO)CC4)ccc23)c1. The van der Waals surface area contributed by atoms with Crippen molar-refractivity contribution in [3.05, 3.63) is 71.8 Å². The second kappa shape index (κ2) is 10.4. The van der Waals surface area contributed by atoms with Crippen LogP contribution in [-0.2, 0) is 4.74 Å². The molecule has 0 spiro atoms. The van der Waals surface area contributed by atoms with E-state index in [1.165, 1.54) is 0 Å². The highest BCUT2D eigenvalue weighted by Crippen LogP contribution is 2.30. The number of piperazine rings is 1. The van der Waals surface area contributed by atoms with Crippen molar-refractivity contribution in [2.75, 3.05) is 52.5 Å². The summed E-state index contributed by atoms with van der Waals surface area (Å²) in [5.41, 5.74) is 3.37. The van der Waals surface area contributed by atoms with Crippen LogP contribution in [0.5, 0.6) is 0 Å². The van der Waals surface area contributed by atoms with Gasteiger partial charge in [0.2, 0.25) is 0 Å². The molecule has 1 heterocycles. The lowest BCUT2D eigenvalue weighted by Crippen LogP contribution is -2.49. The molecule has 0 atom stereocenters. The Balaban J connectivity index is 1.46. The van der Waals surface area contributed by atoms with Gasteiger partial charge in [0, 0.05) is 38.3 Å². The lowest BCUT2D eigenvalue weighted by Gasteiger charge is -2.34. The van der Waals surface area contributed by atoms with Crippen LogP contribution < -0.4 is 0 Å². The number of benzene rings is 3. The Bertz CT molecular complexity index is 1130. The van der Waals surface area contributed by atoms with E-state index in [1.807, 2.05) is 59.5 Å². The third kappa shape index (κ3) is 4.97. The molecule has 3 aromatic rings. The van der Waals surface area contributed by atoms with Crippen molar-refractivity contribution >= 4 is 16.7 Å². The minimum Gasteiger partial charge on any atom is -0.394 e. The first kappa shape index (κ1) is 22.0. The zero-order valence-corrected chi connectivity index (χ0v) is 18.0. The summed E-state index contributed by atoms with van der Waals surface area (Å²) in [5, 5.41) is 20.1. The van der Waals surface area contributed by atoms with E-state index in [0.29, 0.717) is 37.4 Å². The Morgan fingerprint density at radius 3 is 2.59 bits per heavy atom. The van der Waals surface area contributed by atoms with E-state index < -0.39 is 0 Å². The number of hydrogen-bond donors (Lipinski definition) is 1. The van der Waals surface area contributed by atoms with Crippen LogP contribution >= 0.6 is 0 Å². The van der Waals surface area contributed by atoms with Crippen LogP contribution in [0.15, 0.2) is 60.7 Å². The van der Waals surface area contributed by atoms with E-state index in [4.69, 9.17) is 9.84 Å². The van der Waals surface area contributed by atoms with Gasteiger partial charge in [0.25, 0.3) is 5.91 Å². The Morgan fingerprint density at radius 1 is 1.00 bits per heavy atom. The first-order valence-electron chi connectivity index (χ1n) is 10.9. The normalized spacial score (nSPS) is 14.4. The van der Waals surface area contributed by atoms with Gasteiger partial charge in [-0.1, -0.05) is 36.4 Å². The smallest absolute Gasteiger partial charge is 0.253 e. The second-order valence-electron chi connectivity index (χ2n) is 7.90. The summed E-state index contributed by atoms with van der Waals surface area (Å²) in [5.74, 6) is 0.0555. The molecule has 4 rings (SSSR count). The van der Waals surface area contributed by atoms with Crippen LogP contribution in [0.4, 0.5) is 0 Å². The molecule has 1 fully saturated rings. The second-order valence-corrected chi connectivity index (χ2v) is 7.90. The number of nitrogens with zero attached hydrogens (tertiary/aromatic N) is 3. The lowest BCUT2D eigenvalue weighted by atomic mass is 9.96. The van der Waals surface area contributed by atoms with Gasteiger partial charge < -0.3 is 14.7 Å². The molecule has 0 bridgehead atoms. The number of fused-ring (bicyclic) bond motifs is 1. The quantitative estimate of drug-likeness (QED) is 0.584. The van der Waals surface area contributed by atoms with E-state index in [9.17, 15) is 10.1 Å². The maximum atomic E-state index is 13.1. The third-order valence-corrected chi connectivity index (χ3v) is 5.88. The van der Waals surface area contributed by atoms with Crippen molar-refractivity contribution in [3.63, 3.8) is 0 Å². The molecule has 0 aliphatic carbocycles. The molecule has 1 N–H and O–H groups in total. The molecule has 3 aromatic carbocycles. The van der Waals surface area contributed by atoms with Crippen molar-refractivity contribution in [1.82, 2.24) is 9.80 Å². The zero-order chi connectivity index (χ0) is 22.3. The molecule has 0 radical (unpaired) electrons. The predicted octanol–water partition coefficient (Wildman–Crippen LogP) is 3.15. The van der Waals surface area contributed by atoms with Crippen LogP contribution in [0.25, 0.3) is 21.9 Å². The fourth-order valence-corrected chi connectivity index (χ4v) is 4.14. The van der Waals surface area contributed by atoms with Gasteiger partial charge in [-0.25, -0.2) is 0 Å². The highest BCUT2D eigenvalue weighted by Gasteiger charge is 2.22. The predicted molar refractivity (Wildman–Crippen MR) is 124 cm³/mol. The largest absolute Gasteiger partial charge is 0.394 e. The van der Waals surface area contributed by atoms with Gasteiger partial charge in [-0.3, -0.25) is 9.69 Å². The number of ether oxygens (including phenoxy) is 1. The van der Waals surface area contributed by atoms with E-state index in [-0.39, 0.29) is 12.5 Å². The average Bonchev–Trinajstić information content (AvgIpc) is 2.86. The molecule has 6 nitrogen and oxygen atoms in total. The molecule has 1 aliphatic rings. The van der Waals surface area contributed by atoms with Crippen LogP contribution in [0.1, 0.15) is 15.9 Å². The lowest BCUT2D eigenvalue weighted by molar-refractivity contribution is 0.0486. The Kier molecular flexibility index (Phi) is 7.13. The van der Waals surface area contributed by atoms with Crippen LogP contribution in [0.3, 0.4) is 0 Å². The fourth-order valence-electron chi connectivity index (χ4n) is 4.14. The number of nitriles is 1. The molecule has 32 heavy (non-hydrogen) atoms. The number of aliphatic hydroxyl groups excluding tert-OH is 1. The van der Waals surface area contributed by atoms with Gasteiger partial charge in [0.05, 0.1) is 31.5 Å². The fraction of sp³-hybridized carbons (Fsp3) is 0.308. The summed E-state index contributed by atoms with van der Waals surface area (Å²) in [6, 6.07) is 21.7. The minimum absolute atomic E-state index is 0.0434. The van der Waals surface area contributed by atoms with E-state index in [1.54, 1.807) is 6.07 Å². The Morgan fingerprint density at radius 2 is 1.81 bits per heavy atom. The van der Waals surface area contributed by atoms with Gasteiger partial charge in [-0.05, 0) is 46.2 Å². The number of hydrogen-bond acceptors (Lipinski definition) is 5. The van der Waals surface area contributed by atoms with Crippen molar-refractivity contribution in [3.8, 4) is 17.2 Å². The maximum Gasteiger partial charge on any atom is 0.253 e. The summed E-state index contributed by atoms with van der Waals surface area (Å²) in [7, 11) is 0. The van der Waals surface area contributed by atoms with E-state index >= 15 is 0 Å². The maximum absolute atomic E-state index is 13.1. The van der Waals surface area contributed by atoms with E-state index in [2.05, 4.69) is 11.0 Å². The molecule has 1 amide bonds. The summed E-state index contributed by atoms with van der Waals surface area (Å²) in [6.45, 7) is 4.85. The minimum atomic E-state index is 0.0434. The molecule has 0 unspecified atom stereocenters. The van der Waals surface area contributed by atoms with Crippen molar-refractivity contribution < 1.29 is 14.6 Å². The van der Waals surface area contributed by atoms with Crippen molar-refractivity contribution in [2.24, 2.45) is 0 Å². The van der Waals surface area contributed by atoms with Crippen LogP contribution in [-0.4, -0.2) is 73.4 Å². The number of rotatable bonds is 7. The molecule has 1 aliphatic heterocycles. The van der Waals surface area contributed by atoms with E-state index in [0.717, 1.165) is 41.5 Å². The molecule has 1 saturated heterocycles. The first-order chi connectivity index (χ1) is 15.7. The Hall–Kier alpha value is -3.24. The first-order valence-corrected chi connectivity index (χ1v) is 10.9. The van der Waals surface area contributed by atoms with Gasteiger partial charge in [0.15, 0.2) is 0 Å². The topological polar surface area (TPSA) is 76.8 Å². The van der Waals surface area contributed by atoms with Gasteiger partial charge >= 0.3 is 0 Å². The van der Waals surface area contributed by atoms with Crippen molar-refractivity contribution in [2.45, 2.75) is 0 Å². The molecule has 0 saturated carbocycles. The van der Waals surface area contributed by atoms with Gasteiger partial charge in [0.1, 0.15) is 0 Å². The molecule has 6 heteroatoms. The van der Waals surface area contributed by atoms with Crippen LogP contribution in [0, 0.1) is 11.3 Å². The third-order valence-electron chi connectivity index (χ3n) is 5.88. The molecular formula is C26H27N3O3. The number of aliphatic hydroxyl groups is 1. The molecule has 0 aromatic heterocycles. The molecule has 164 valence electrons. The summed E-state index contributed by atoms with van der Waals surface area (Å²) in [4.78, 5) is 17.3. The highest BCUT2D eigenvalue weighted by atomic mass is 16.5. The average molecular weight is 430 g/mol. The summed E-state index contributed by atoms with van der Waals surface area (Å²) in [6.07, 6.45) is 0. The van der Waals surface area contributed by atoms with Gasteiger partial charge in [-0.15, -0.1) is 0 Å². The number of carbonyl (C=O) groups is 1. The zero-order valence-electron chi connectivity index (χ0n) is 18.0. The number of carbonyl (C=O) groups excluding carboxylic acids is 1. The summed E-state index contributed by atoms with van der Waals surface area (Å²) >= 11 is 0. The van der Waals surface area contributed by atoms with Gasteiger partial charge in [-0.2, -0.15) is 5.26 Å².